The predicted octanol–water partition coefficient (Wildman–Crippen LogP) is 6.08. The predicted molar refractivity (Wildman–Crippen MR) is 163 cm³/mol. The molecular formula is C33H35N2O8Y-. The molecule has 1 heterocycles. The standard InChI is InChI=1S/C33H35N2O8.Y/c1-20-15-23-18-26(31(37)42-29(23)19-28(20)41-14-13-35(5)32(38)43-33(2,3)4)34-30(36)22-11-12-27(40-7)25(17-22)21-9-8-10-24(16-21)39-6;/h8-12,15-18H,13-14H2,1-7H3,(H,34,36);/q-1;. The van der Waals surface area contributed by atoms with Crippen molar-refractivity contribution >= 4 is 28.7 Å². The number of fused-ring (bicyclic) bond motifs is 1. The molecule has 0 spiro atoms. The van der Waals surface area contributed by atoms with Gasteiger partial charge in [0.25, 0.3) is 5.91 Å². The molecule has 2 amide bonds. The van der Waals surface area contributed by atoms with Crippen molar-refractivity contribution < 1.29 is 65.7 Å². The minimum Gasteiger partial charge on any atom is -0.517 e. The topological polar surface area (TPSA) is 117 Å². The minimum atomic E-state index is -0.738. The fraction of sp³-hybridized carbons (Fsp3) is 0.303. The largest absolute Gasteiger partial charge is 0.517 e. The van der Waals surface area contributed by atoms with Gasteiger partial charge in [-0.25, -0.2) is 9.59 Å². The number of methoxy groups -OCH3 is 2. The third-order valence-electron chi connectivity index (χ3n) is 6.40. The molecule has 3 aromatic carbocycles. The molecule has 4 aromatic rings. The first-order valence-corrected chi connectivity index (χ1v) is 13.6. The summed E-state index contributed by atoms with van der Waals surface area (Å²) < 4.78 is 27.5. The molecule has 1 aromatic heterocycles. The molecule has 0 aliphatic rings. The maximum absolute atomic E-state index is 13.2. The van der Waals surface area contributed by atoms with Crippen molar-refractivity contribution in [3.63, 3.8) is 0 Å². The first-order valence-electron chi connectivity index (χ1n) is 13.6. The van der Waals surface area contributed by atoms with Gasteiger partial charge < -0.3 is 33.6 Å². The van der Waals surface area contributed by atoms with Gasteiger partial charge in [0.05, 0.1) is 20.8 Å². The molecule has 0 unspecified atom stereocenters. The van der Waals surface area contributed by atoms with Crippen molar-refractivity contribution in [2.24, 2.45) is 0 Å². The summed E-state index contributed by atoms with van der Waals surface area (Å²) in [6.07, 6.45) is -0.456. The van der Waals surface area contributed by atoms with Crippen molar-refractivity contribution in [1.82, 2.24) is 4.90 Å². The minimum absolute atomic E-state index is 0. The summed E-state index contributed by atoms with van der Waals surface area (Å²) in [5, 5.41) is 3.21. The van der Waals surface area contributed by atoms with E-state index in [1.807, 2.05) is 31.2 Å². The van der Waals surface area contributed by atoms with Crippen molar-refractivity contribution in [3.8, 4) is 28.4 Å². The number of anilines is 1. The Hall–Kier alpha value is -3.89. The number of carbonyl (C=O) groups excluding carboxylic acids is 2. The van der Waals surface area contributed by atoms with Gasteiger partial charge in [-0.2, -0.15) is 6.07 Å². The molecule has 11 heteroatoms. The Kier molecular flexibility index (Phi) is 11.6. The molecule has 1 radical (unpaired) electrons. The van der Waals surface area contributed by atoms with Crippen LogP contribution in [0.3, 0.4) is 0 Å². The normalized spacial score (nSPS) is 10.9. The van der Waals surface area contributed by atoms with E-state index in [0.29, 0.717) is 33.8 Å². The Bertz CT molecular complexity index is 1710. The average Bonchev–Trinajstić information content (AvgIpc) is 2.96. The zero-order valence-electron chi connectivity index (χ0n) is 25.9. The summed E-state index contributed by atoms with van der Waals surface area (Å²) in [4.78, 5) is 39.6. The number of hydrogen-bond donors (Lipinski definition) is 1. The summed E-state index contributed by atoms with van der Waals surface area (Å²) in [7, 11) is 4.75. The molecule has 0 aliphatic carbocycles. The van der Waals surface area contributed by atoms with Crippen LogP contribution in [0.15, 0.2) is 63.8 Å². The second kappa shape index (κ2) is 14.7. The summed E-state index contributed by atoms with van der Waals surface area (Å²) in [5.74, 6) is 1.13. The first kappa shape index (κ1) is 34.6. The van der Waals surface area contributed by atoms with E-state index in [9.17, 15) is 14.4 Å². The van der Waals surface area contributed by atoms with E-state index in [-0.39, 0.29) is 57.1 Å². The van der Waals surface area contributed by atoms with Crippen LogP contribution < -0.4 is 25.2 Å². The van der Waals surface area contributed by atoms with E-state index in [0.717, 1.165) is 11.1 Å². The third-order valence-corrected chi connectivity index (χ3v) is 6.40. The van der Waals surface area contributed by atoms with Gasteiger partial charge >= 0.3 is 11.7 Å². The van der Waals surface area contributed by atoms with Gasteiger partial charge in [-0.3, -0.25) is 4.79 Å². The molecular weight excluding hydrogens is 641 g/mol. The monoisotopic (exact) mass is 676 g/mol. The van der Waals surface area contributed by atoms with Crippen LogP contribution in [0.5, 0.6) is 17.2 Å². The van der Waals surface area contributed by atoms with Crippen LogP contribution in [0.2, 0.25) is 0 Å². The number of hydrogen-bond acceptors (Lipinski definition) is 8. The Morgan fingerprint density at radius 3 is 2.45 bits per heavy atom. The van der Waals surface area contributed by atoms with E-state index in [4.69, 9.17) is 23.4 Å². The Morgan fingerprint density at radius 1 is 1.02 bits per heavy atom. The quantitative estimate of drug-likeness (QED) is 0.168. The molecule has 0 fully saturated rings. The van der Waals surface area contributed by atoms with Crippen LogP contribution in [-0.2, 0) is 37.4 Å². The number of benzene rings is 3. The molecule has 4 rings (SSSR count). The Labute approximate surface area is 281 Å². The fourth-order valence-corrected chi connectivity index (χ4v) is 4.20. The number of carbonyl (C=O) groups is 2. The van der Waals surface area contributed by atoms with E-state index >= 15 is 0 Å². The second-order valence-electron chi connectivity index (χ2n) is 10.9. The maximum Gasteiger partial charge on any atom is 0.410 e. The van der Waals surface area contributed by atoms with E-state index in [1.165, 1.54) is 11.0 Å². The number of aryl methyl sites for hydroxylation is 1. The van der Waals surface area contributed by atoms with Gasteiger partial charge in [-0.1, -0.05) is 36.6 Å². The smallest absolute Gasteiger partial charge is 0.410 e. The molecule has 10 nitrogen and oxygen atoms in total. The molecule has 0 bridgehead atoms. The number of ether oxygens (including phenoxy) is 4. The molecule has 0 atom stereocenters. The van der Waals surface area contributed by atoms with Crippen molar-refractivity contribution in [1.29, 1.82) is 0 Å². The van der Waals surface area contributed by atoms with Gasteiger partial charge in [-0.15, -0.1) is 5.56 Å². The molecule has 1 N–H and O–H groups in total. The summed E-state index contributed by atoms with van der Waals surface area (Å²) in [6, 6.07) is 18.7. The van der Waals surface area contributed by atoms with Crippen molar-refractivity contribution in [3.05, 3.63) is 82.2 Å². The summed E-state index contributed by atoms with van der Waals surface area (Å²) in [5.41, 5.74) is 1.37. The number of nitrogens with zero attached hydrogens (tertiary/aromatic N) is 1. The SMILES string of the molecule is COc1cccc(-c2cc(C(=O)Nc3cc4cc(C)c(OCCN(C)C(=O)OC(C)(C)C)[c-]c4oc3=O)ccc2OC)c1.[Y]. The molecule has 0 saturated carbocycles. The molecule has 0 aliphatic heterocycles. The van der Waals surface area contributed by atoms with Crippen LogP contribution >= 0.6 is 0 Å². The number of amides is 2. The Balaban J connectivity index is 0.00000529. The van der Waals surface area contributed by atoms with E-state index in [1.54, 1.807) is 66.3 Å². The van der Waals surface area contributed by atoms with Gasteiger partial charge in [0.15, 0.2) is 0 Å². The molecule has 44 heavy (non-hydrogen) atoms. The van der Waals surface area contributed by atoms with Crippen LogP contribution in [0.25, 0.3) is 22.1 Å². The van der Waals surface area contributed by atoms with Crippen molar-refractivity contribution in [2.75, 3.05) is 39.7 Å². The third kappa shape index (κ3) is 8.60. The first-order chi connectivity index (χ1) is 20.4. The van der Waals surface area contributed by atoms with Crippen LogP contribution in [-0.4, -0.2) is 56.9 Å². The van der Waals surface area contributed by atoms with Crippen LogP contribution in [0.1, 0.15) is 36.7 Å². The van der Waals surface area contributed by atoms with Crippen molar-refractivity contribution in [2.45, 2.75) is 33.3 Å². The zero-order valence-corrected chi connectivity index (χ0v) is 28.7. The summed E-state index contributed by atoms with van der Waals surface area (Å²) in [6.45, 7) is 7.67. The Morgan fingerprint density at radius 2 is 1.77 bits per heavy atom. The zero-order chi connectivity index (χ0) is 31.3. The fourth-order valence-electron chi connectivity index (χ4n) is 4.20. The molecule has 0 saturated heterocycles. The number of nitrogens with one attached hydrogen (secondary N) is 1. The van der Waals surface area contributed by atoms with Gasteiger partial charge in [0.1, 0.15) is 29.4 Å². The summed E-state index contributed by atoms with van der Waals surface area (Å²) >= 11 is 0. The second-order valence-corrected chi connectivity index (χ2v) is 10.9. The number of likely N-dealkylation sites (N-methyl/N-ethyl adjacent to an activating group) is 1. The van der Waals surface area contributed by atoms with Crippen LogP contribution in [0.4, 0.5) is 10.5 Å². The van der Waals surface area contributed by atoms with E-state index in [2.05, 4.69) is 11.4 Å². The van der Waals surface area contributed by atoms with E-state index < -0.39 is 23.2 Å². The maximum atomic E-state index is 13.2. The average molecular weight is 677 g/mol. The van der Waals surface area contributed by atoms with Gasteiger partial charge in [0.2, 0.25) is 0 Å². The van der Waals surface area contributed by atoms with Crippen LogP contribution in [0, 0.1) is 13.0 Å². The van der Waals surface area contributed by atoms with Gasteiger partial charge in [-0.05, 0) is 56.7 Å². The molecule has 229 valence electrons. The number of rotatable bonds is 9. The van der Waals surface area contributed by atoms with Gasteiger partial charge in [0, 0.05) is 62.2 Å².